The molecule has 0 spiro atoms. The summed E-state index contributed by atoms with van der Waals surface area (Å²) < 4.78 is 14.9. The predicted molar refractivity (Wildman–Crippen MR) is 120 cm³/mol. The first-order valence-corrected chi connectivity index (χ1v) is 10.2. The third-order valence-corrected chi connectivity index (χ3v) is 6.08. The summed E-state index contributed by atoms with van der Waals surface area (Å²) >= 11 is 0. The molecule has 27 heavy (non-hydrogen) atoms. The molecule has 0 fully saturated rings. The molecule has 0 radical (unpaired) electrons. The number of benzene rings is 2. The molecule has 0 bridgehead atoms. The first-order valence-electron chi connectivity index (χ1n) is 9.67. The van der Waals surface area contributed by atoms with Crippen molar-refractivity contribution in [1.82, 2.24) is 0 Å². The summed E-state index contributed by atoms with van der Waals surface area (Å²) in [5, 5.41) is 0.933. The van der Waals surface area contributed by atoms with E-state index in [2.05, 4.69) is 47.5 Å². The van der Waals surface area contributed by atoms with E-state index in [0.29, 0.717) is 6.42 Å². The molecule has 0 heterocycles. The van der Waals surface area contributed by atoms with Crippen LogP contribution in [0.1, 0.15) is 54.9 Å². The highest BCUT2D eigenvalue weighted by atomic mass is 31.0. The van der Waals surface area contributed by atoms with E-state index in [1.54, 1.807) is 6.07 Å². The Balaban J connectivity index is 1.78. The first-order chi connectivity index (χ1) is 13.0. The van der Waals surface area contributed by atoms with Crippen molar-refractivity contribution in [2.75, 3.05) is 0 Å². The van der Waals surface area contributed by atoms with Crippen LogP contribution >= 0.6 is 9.24 Å². The smallest absolute Gasteiger partial charge is 0.127 e. The lowest BCUT2D eigenvalue weighted by molar-refractivity contribution is 0.610. The van der Waals surface area contributed by atoms with Crippen LogP contribution in [0.3, 0.4) is 0 Å². The largest absolute Gasteiger partial charge is 0.207 e. The van der Waals surface area contributed by atoms with Gasteiger partial charge in [0.05, 0.1) is 0 Å². The zero-order valence-corrected chi connectivity index (χ0v) is 17.3. The summed E-state index contributed by atoms with van der Waals surface area (Å²) in [5.41, 5.74) is 7.71. The van der Waals surface area contributed by atoms with Crippen LogP contribution in [0.15, 0.2) is 60.7 Å². The van der Waals surface area contributed by atoms with Crippen LogP contribution < -0.4 is 5.30 Å². The topological polar surface area (TPSA) is 0 Å². The van der Waals surface area contributed by atoms with Gasteiger partial charge < -0.3 is 0 Å². The number of rotatable bonds is 6. The maximum Gasteiger partial charge on any atom is 0.127 e. The Hall–Kier alpha value is -1.98. The molecule has 2 aromatic rings. The van der Waals surface area contributed by atoms with Crippen LogP contribution in [0.4, 0.5) is 4.39 Å². The average Bonchev–Trinajstić information content (AvgIpc) is 2.67. The first kappa shape index (κ1) is 19.8. The Kier molecular flexibility index (Phi) is 6.45. The molecule has 1 atom stereocenters. The molecule has 1 aliphatic carbocycles. The Morgan fingerprint density at radius 1 is 1.11 bits per heavy atom. The van der Waals surface area contributed by atoms with Crippen LogP contribution in [-0.4, -0.2) is 0 Å². The van der Waals surface area contributed by atoms with Crippen molar-refractivity contribution in [3.63, 3.8) is 0 Å². The minimum absolute atomic E-state index is 0.129. The van der Waals surface area contributed by atoms with Gasteiger partial charge >= 0.3 is 0 Å². The third kappa shape index (κ3) is 4.66. The summed E-state index contributed by atoms with van der Waals surface area (Å²) in [6, 6.07) is 12.0. The van der Waals surface area contributed by atoms with Gasteiger partial charge in [0.15, 0.2) is 0 Å². The SMILES string of the molecule is C=Cc1ccc(CCc2c(F)cc(C(=C)C3=C(C)CCCC3)cc2P)cc1. The quantitative estimate of drug-likeness (QED) is 0.493. The van der Waals surface area contributed by atoms with Gasteiger partial charge in [0.1, 0.15) is 5.82 Å². The minimum Gasteiger partial charge on any atom is -0.207 e. The van der Waals surface area contributed by atoms with E-state index >= 15 is 0 Å². The predicted octanol–water partition coefficient (Wildman–Crippen LogP) is 6.66. The fraction of sp³-hybridized carbons (Fsp3) is 0.280. The second-order valence-corrected chi connectivity index (χ2v) is 8.04. The highest BCUT2D eigenvalue weighted by Gasteiger charge is 2.16. The number of allylic oxidation sites excluding steroid dienone is 3. The van der Waals surface area contributed by atoms with E-state index in [0.717, 1.165) is 46.8 Å². The van der Waals surface area contributed by atoms with Crippen LogP contribution in [0.25, 0.3) is 11.6 Å². The van der Waals surface area contributed by atoms with Crippen LogP contribution in [0.2, 0.25) is 0 Å². The van der Waals surface area contributed by atoms with E-state index in [4.69, 9.17) is 0 Å². The summed E-state index contributed by atoms with van der Waals surface area (Å²) in [6.45, 7) is 10.2. The molecule has 0 saturated heterocycles. The molecule has 0 amide bonds. The van der Waals surface area contributed by atoms with Crippen molar-refractivity contribution in [2.45, 2.75) is 45.4 Å². The zero-order valence-electron chi connectivity index (χ0n) is 16.2. The fourth-order valence-electron chi connectivity index (χ4n) is 3.82. The monoisotopic (exact) mass is 378 g/mol. The van der Waals surface area contributed by atoms with Gasteiger partial charge in [-0.15, -0.1) is 9.24 Å². The molecule has 0 nitrogen and oxygen atoms in total. The Labute approximate surface area is 165 Å². The van der Waals surface area contributed by atoms with Gasteiger partial charge in [-0.3, -0.25) is 0 Å². The molecule has 0 saturated carbocycles. The standard InChI is InChI=1S/C25H28FP/c1-4-19-9-11-20(12-10-19)13-14-23-24(26)15-21(16-25(23)27)18(3)22-8-6-5-7-17(22)2/h4,9-12,15-16H,1,3,5-8,13-14,27H2,2H3. The molecule has 3 rings (SSSR count). The molecule has 1 aliphatic rings. The van der Waals surface area contributed by atoms with E-state index in [1.165, 1.54) is 29.6 Å². The maximum atomic E-state index is 14.9. The van der Waals surface area contributed by atoms with Gasteiger partial charge in [0.2, 0.25) is 0 Å². The lowest BCUT2D eigenvalue weighted by atomic mass is 9.85. The van der Waals surface area contributed by atoms with Gasteiger partial charge in [-0.1, -0.05) is 49.1 Å². The Morgan fingerprint density at radius 3 is 2.44 bits per heavy atom. The van der Waals surface area contributed by atoms with Crippen molar-refractivity contribution in [1.29, 1.82) is 0 Å². The maximum absolute atomic E-state index is 14.9. The number of hydrogen-bond acceptors (Lipinski definition) is 0. The third-order valence-electron chi connectivity index (χ3n) is 5.57. The number of halogens is 1. The molecule has 0 N–H and O–H groups in total. The summed E-state index contributed by atoms with van der Waals surface area (Å²) in [7, 11) is 2.71. The van der Waals surface area contributed by atoms with Gasteiger partial charge in [0.25, 0.3) is 0 Å². The van der Waals surface area contributed by atoms with Gasteiger partial charge in [-0.25, -0.2) is 4.39 Å². The molecule has 0 aliphatic heterocycles. The average molecular weight is 378 g/mol. The van der Waals surface area contributed by atoms with E-state index in [-0.39, 0.29) is 5.82 Å². The van der Waals surface area contributed by atoms with Crippen molar-refractivity contribution in [2.24, 2.45) is 0 Å². The number of aryl methyl sites for hydroxylation is 1. The van der Waals surface area contributed by atoms with Crippen molar-refractivity contribution < 1.29 is 4.39 Å². The van der Waals surface area contributed by atoms with Gasteiger partial charge in [-0.2, -0.15) is 0 Å². The van der Waals surface area contributed by atoms with Crippen LogP contribution in [-0.2, 0) is 12.8 Å². The molecule has 0 aromatic heterocycles. The molecule has 2 aromatic carbocycles. The number of hydrogen-bond donors (Lipinski definition) is 0. The minimum atomic E-state index is -0.129. The fourth-order valence-corrected chi connectivity index (χ4v) is 4.29. The van der Waals surface area contributed by atoms with Crippen molar-refractivity contribution in [3.05, 3.63) is 88.8 Å². The molecule has 140 valence electrons. The second kappa shape index (κ2) is 8.81. The van der Waals surface area contributed by atoms with Gasteiger partial charge in [0, 0.05) is 0 Å². The lowest BCUT2D eigenvalue weighted by Crippen LogP contribution is -2.10. The van der Waals surface area contributed by atoms with E-state index in [1.807, 2.05) is 18.2 Å². The molecule has 1 unspecified atom stereocenters. The highest BCUT2D eigenvalue weighted by molar-refractivity contribution is 7.27. The van der Waals surface area contributed by atoms with Crippen molar-refractivity contribution >= 4 is 26.2 Å². The molecule has 2 heteroatoms. The van der Waals surface area contributed by atoms with Crippen LogP contribution in [0, 0.1) is 5.82 Å². The van der Waals surface area contributed by atoms with E-state index in [9.17, 15) is 4.39 Å². The summed E-state index contributed by atoms with van der Waals surface area (Å²) in [6.07, 6.45) is 7.98. The van der Waals surface area contributed by atoms with E-state index < -0.39 is 0 Å². The lowest BCUT2D eigenvalue weighted by Gasteiger charge is -2.21. The highest BCUT2D eigenvalue weighted by Crippen LogP contribution is 2.34. The zero-order chi connectivity index (χ0) is 19.4. The van der Waals surface area contributed by atoms with Crippen molar-refractivity contribution in [3.8, 4) is 0 Å². The van der Waals surface area contributed by atoms with Crippen LogP contribution in [0.5, 0.6) is 0 Å². The normalized spacial score (nSPS) is 14.3. The Morgan fingerprint density at radius 2 is 1.81 bits per heavy atom. The summed E-state index contributed by atoms with van der Waals surface area (Å²) in [4.78, 5) is 0. The van der Waals surface area contributed by atoms with Gasteiger partial charge in [-0.05, 0) is 96.3 Å². The Bertz CT molecular complexity index is 864. The summed E-state index contributed by atoms with van der Waals surface area (Å²) in [5.74, 6) is -0.129. The molecular weight excluding hydrogens is 350 g/mol. The second-order valence-electron chi connectivity index (χ2n) is 7.42. The molecular formula is C25H28FP.